The first-order valence-electron chi connectivity index (χ1n) is 10.2. The molecule has 6 heteroatoms. The molecule has 0 spiro atoms. The Morgan fingerprint density at radius 3 is 2.19 bits per heavy atom. The number of benzene rings is 3. The number of ether oxygens (including phenoxy) is 1. The van der Waals surface area contributed by atoms with Gasteiger partial charge in [0, 0.05) is 18.2 Å². The van der Waals surface area contributed by atoms with Crippen LogP contribution < -0.4 is 10.1 Å². The molecule has 5 nitrogen and oxygen atoms in total. The molecule has 0 bridgehead atoms. The van der Waals surface area contributed by atoms with E-state index in [4.69, 9.17) is 16.3 Å². The molecule has 0 saturated carbocycles. The minimum Gasteiger partial charge on any atom is -0.495 e. The van der Waals surface area contributed by atoms with Crippen molar-refractivity contribution in [3.63, 3.8) is 0 Å². The second kappa shape index (κ2) is 11.5. The normalized spacial score (nSPS) is 11.0. The number of halogens is 1. The van der Waals surface area contributed by atoms with Gasteiger partial charge in [-0.05, 0) is 35.7 Å². The van der Waals surface area contributed by atoms with E-state index in [0.29, 0.717) is 29.4 Å². The highest BCUT2D eigenvalue weighted by Gasteiger charge is 2.24. The third-order valence-corrected chi connectivity index (χ3v) is 5.22. The third kappa shape index (κ3) is 6.31. The highest BCUT2D eigenvalue weighted by atomic mass is 35.5. The second-order valence-corrected chi connectivity index (χ2v) is 7.60. The topological polar surface area (TPSA) is 61.8 Å². The van der Waals surface area contributed by atoms with Crippen molar-refractivity contribution < 1.29 is 14.6 Å². The van der Waals surface area contributed by atoms with Crippen molar-refractivity contribution in [1.82, 2.24) is 4.90 Å². The lowest BCUT2D eigenvalue weighted by Gasteiger charge is -2.32. The lowest BCUT2D eigenvalue weighted by atomic mass is 9.96. The van der Waals surface area contributed by atoms with Gasteiger partial charge in [0.05, 0.1) is 25.4 Å². The van der Waals surface area contributed by atoms with Gasteiger partial charge in [-0.2, -0.15) is 0 Å². The summed E-state index contributed by atoms with van der Waals surface area (Å²) in [5, 5.41) is 12.9. The maximum Gasteiger partial charge on any atom is 0.238 e. The molecular weight excluding hydrogens is 412 g/mol. The predicted molar refractivity (Wildman–Crippen MR) is 125 cm³/mol. The van der Waals surface area contributed by atoms with Crippen LogP contribution in [0.25, 0.3) is 0 Å². The molecule has 0 aliphatic carbocycles. The van der Waals surface area contributed by atoms with Crippen LogP contribution in [0.1, 0.15) is 23.6 Å². The molecular formula is C25H27ClN2O3. The first-order valence-corrected chi connectivity index (χ1v) is 10.6. The van der Waals surface area contributed by atoms with E-state index in [1.807, 2.05) is 36.4 Å². The van der Waals surface area contributed by atoms with Gasteiger partial charge in [-0.25, -0.2) is 0 Å². The van der Waals surface area contributed by atoms with Crippen LogP contribution in [0.3, 0.4) is 0 Å². The van der Waals surface area contributed by atoms with Crippen LogP contribution in [-0.4, -0.2) is 42.7 Å². The van der Waals surface area contributed by atoms with Gasteiger partial charge in [0.2, 0.25) is 5.91 Å². The summed E-state index contributed by atoms with van der Waals surface area (Å²) < 4.78 is 5.34. The van der Waals surface area contributed by atoms with Crippen LogP contribution in [-0.2, 0) is 4.79 Å². The summed E-state index contributed by atoms with van der Waals surface area (Å²) in [6.07, 6.45) is 0.559. The van der Waals surface area contributed by atoms with Crippen molar-refractivity contribution in [2.75, 3.05) is 32.1 Å². The Bertz CT molecular complexity index is 928. The number of aliphatic hydroxyl groups is 1. The van der Waals surface area contributed by atoms with Crippen molar-refractivity contribution in [3.8, 4) is 5.75 Å². The quantitative estimate of drug-likeness (QED) is 0.479. The van der Waals surface area contributed by atoms with E-state index >= 15 is 0 Å². The van der Waals surface area contributed by atoms with Crippen molar-refractivity contribution >= 4 is 23.2 Å². The zero-order chi connectivity index (χ0) is 22.1. The SMILES string of the molecule is COc1ccc(Cl)cc1NC(=O)CN(CCCO)C(c1ccccc1)c1ccccc1. The Labute approximate surface area is 188 Å². The van der Waals surface area contributed by atoms with E-state index in [1.165, 1.54) is 0 Å². The number of aliphatic hydroxyl groups excluding tert-OH is 1. The number of methoxy groups -OCH3 is 1. The highest BCUT2D eigenvalue weighted by molar-refractivity contribution is 6.31. The van der Waals surface area contributed by atoms with Gasteiger partial charge in [-0.3, -0.25) is 9.69 Å². The molecule has 0 heterocycles. The summed E-state index contributed by atoms with van der Waals surface area (Å²) in [5.41, 5.74) is 2.69. The van der Waals surface area contributed by atoms with E-state index in [1.54, 1.807) is 25.3 Å². The van der Waals surface area contributed by atoms with Crippen molar-refractivity contribution in [3.05, 3.63) is 95.0 Å². The third-order valence-electron chi connectivity index (χ3n) is 4.98. The van der Waals surface area contributed by atoms with Gasteiger partial charge < -0.3 is 15.2 Å². The van der Waals surface area contributed by atoms with Gasteiger partial charge in [0.25, 0.3) is 0 Å². The fourth-order valence-corrected chi connectivity index (χ4v) is 3.78. The predicted octanol–water partition coefficient (Wildman–Crippen LogP) is 4.76. The Balaban J connectivity index is 1.88. The average Bonchev–Trinajstić information content (AvgIpc) is 2.79. The Morgan fingerprint density at radius 1 is 1.03 bits per heavy atom. The van der Waals surface area contributed by atoms with Crippen LogP contribution in [0.5, 0.6) is 5.75 Å². The molecule has 0 atom stereocenters. The summed E-state index contributed by atoms with van der Waals surface area (Å²) in [7, 11) is 1.55. The molecule has 162 valence electrons. The maximum atomic E-state index is 13.0. The molecule has 2 N–H and O–H groups in total. The second-order valence-electron chi connectivity index (χ2n) is 7.16. The van der Waals surface area contributed by atoms with Crippen LogP contribution in [0.15, 0.2) is 78.9 Å². The molecule has 3 aromatic carbocycles. The van der Waals surface area contributed by atoms with Gasteiger partial charge in [-0.1, -0.05) is 72.3 Å². The summed E-state index contributed by atoms with van der Waals surface area (Å²) in [5.74, 6) is 0.359. The van der Waals surface area contributed by atoms with Gasteiger partial charge in [-0.15, -0.1) is 0 Å². The molecule has 0 saturated heterocycles. The van der Waals surface area contributed by atoms with Crippen molar-refractivity contribution in [1.29, 1.82) is 0 Å². The van der Waals surface area contributed by atoms with Crippen LogP contribution >= 0.6 is 11.6 Å². The van der Waals surface area contributed by atoms with Gasteiger partial charge >= 0.3 is 0 Å². The van der Waals surface area contributed by atoms with E-state index < -0.39 is 0 Å². The summed E-state index contributed by atoms with van der Waals surface area (Å²) in [6.45, 7) is 0.756. The summed E-state index contributed by atoms with van der Waals surface area (Å²) >= 11 is 6.10. The van der Waals surface area contributed by atoms with Gasteiger partial charge in [0.1, 0.15) is 5.75 Å². The van der Waals surface area contributed by atoms with Crippen LogP contribution in [0.2, 0.25) is 5.02 Å². The van der Waals surface area contributed by atoms with E-state index in [2.05, 4.69) is 34.5 Å². The number of carbonyl (C=O) groups excluding carboxylic acids is 1. The lowest BCUT2D eigenvalue weighted by molar-refractivity contribution is -0.117. The maximum absolute atomic E-state index is 13.0. The number of carbonyl (C=O) groups is 1. The fraction of sp³-hybridized carbons (Fsp3) is 0.240. The van der Waals surface area contributed by atoms with Crippen LogP contribution in [0.4, 0.5) is 5.69 Å². The molecule has 1 amide bonds. The number of nitrogens with one attached hydrogen (secondary N) is 1. The summed E-state index contributed by atoms with van der Waals surface area (Å²) in [6, 6.07) is 25.1. The van der Waals surface area contributed by atoms with Crippen LogP contribution in [0, 0.1) is 0 Å². The minimum atomic E-state index is -0.185. The average molecular weight is 439 g/mol. The van der Waals surface area contributed by atoms with Gasteiger partial charge in [0.15, 0.2) is 0 Å². The van der Waals surface area contributed by atoms with Crippen molar-refractivity contribution in [2.45, 2.75) is 12.5 Å². The first-order chi connectivity index (χ1) is 15.1. The molecule has 0 unspecified atom stereocenters. The smallest absolute Gasteiger partial charge is 0.238 e. The fourth-order valence-electron chi connectivity index (χ4n) is 3.61. The Morgan fingerprint density at radius 2 is 1.65 bits per heavy atom. The van der Waals surface area contributed by atoms with Crippen molar-refractivity contribution in [2.24, 2.45) is 0 Å². The number of hydrogen-bond acceptors (Lipinski definition) is 4. The number of anilines is 1. The Hall–Kier alpha value is -2.86. The molecule has 3 rings (SSSR count). The largest absolute Gasteiger partial charge is 0.495 e. The number of nitrogens with zero attached hydrogens (tertiary/aromatic N) is 1. The molecule has 0 aliphatic rings. The first kappa shape index (κ1) is 22.8. The highest BCUT2D eigenvalue weighted by Crippen LogP contribution is 2.30. The monoisotopic (exact) mass is 438 g/mol. The zero-order valence-corrected chi connectivity index (χ0v) is 18.3. The standard InChI is InChI=1S/C25H27ClN2O3/c1-31-23-14-13-21(26)17-22(23)27-24(30)18-28(15-8-16-29)25(19-9-4-2-5-10-19)20-11-6-3-7-12-20/h2-7,9-14,17,25,29H,8,15-16,18H2,1H3,(H,27,30). The molecule has 31 heavy (non-hydrogen) atoms. The molecule has 0 aliphatic heterocycles. The minimum absolute atomic E-state index is 0.0521. The molecule has 0 radical (unpaired) electrons. The number of hydrogen-bond donors (Lipinski definition) is 2. The molecule has 3 aromatic rings. The summed E-state index contributed by atoms with van der Waals surface area (Å²) in [4.78, 5) is 15.1. The molecule has 0 aromatic heterocycles. The number of rotatable bonds is 10. The lowest BCUT2D eigenvalue weighted by Crippen LogP contribution is -2.38. The van der Waals surface area contributed by atoms with E-state index in [0.717, 1.165) is 11.1 Å². The van der Waals surface area contributed by atoms with E-state index in [9.17, 15) is 9.90 Å². The van der Waals surface area contributed by atoms with E-state index in [-0.39, 0.29) is 25.1 Å². The number of amides is 1. The zero-order valence-electron chi connectivity index (χ0n) is 17.5. The Kier molecular flexibility index (Phi) is 8.47. The molecule has 0 fully saturated rings.